The molecule has 0 amide bonds. The number of nitrogens with zero attached hydrogens (tertiary/aromatic N) is 3. The predicted molar refractivity (Wildman–Crippen MR) is 72.6 cm³/mol. The van der Waals surface area contributed by atoms with Gasteiger partial charge in [-0.1, -0.05) is 18.5 Å². The smallest absolute Gasteiger partial charge is 0.360 e. The fourth-order valence-electron chi connectivity index (χ4n) is 2.30. The Morgan fingerprint density at radius 3 is 2.80 bits per heavy atom. The summed E-state index contributed by atoms with van der Waals surface area (Å²) >= 11 is 5.98. The number of anilines is 1. The van der Waals surface area contributed by atoms with Crippen molar-refractivity contribution in [3.05, 3.63) is 23.4 Å². The van der Waals surface area contributed by atoms with Crippen LogP contribution < -0.4 is 5.01 Å². The van der Waals surface area contributed by atoms with Crippen LogP contribution in [-0.4, -0.2) is 44.3 Å². The van der Waals surface area contributed by atoms with Gasteiger partial charge in [0.15, 0.2) is 5.82 Å². The number of hydrogen-bond acceptors (Lipinski definition) is 6. The molecule has 2 heterocycles. The van der Waals surface area contributed by atoms with Crippen LogP contribution in [0.5, 0.6) is 0 Å². The number of carbonyl (C=O) groups is 1. The van der Waals surface area contributed by atoms with Crippen LogP contribution >= 0.6 is 11.6 Å². The largest absolute Gasteiger partial charge is 0.478 e. The molecule has 1 aromatic rings. The molecule has 1 aliphatic heterocycles. The Balaban J connectivity index is 2.58. The molecule has 0 radical (unpaired) electrons. The normalized spacial score (nSPS) is 25.7. The lowest BCUT2D eigenvalue weighted by Crippen LogP contribution is -2.56. The molecule has 8 heteroatoms. The van der Waals surface area contributed by atoms with E-state index >= 15 is 0 Å². The summed E-state index contributed by atoms with van der Waals surface area (Å²) in [6, 6.07) is 3.09. The summed E-state index contributed by atoms with van der Waals surface area (Å²) in [4.78, 5) is 15.5. The third-order valence-electron chi connectivity index (χ3n) is 3.26. The summed E-state index contributed by atoms with van der Waals surface area (Å²) in [7, 11) is 0. The number of halogens is 1. The molecule has 108 valence electrons. The predicted octanol–water partition coefficient (Wildman–Crippen LogP) is 0.703. The molecule has 2 rings (SSSR count). The van der Waals surface area contributed by atoms with E-state index in [4.69, 9.17) is 11.6 Å². The highest BCUT2D eigenvalue weighted by molar-refractivity contribution is 6.33. The number of carboxylic acid groups (broad SMARTS) is 1. The number of hydrazone groups is 1. The second kappa shape index (κ2) is 5.35. The molecule has 0 saturated heterocycles. The maximum absolute atomic E-state index is 11.5. The average Bonchev–Trinajstić information content (AvgIpc) is 2.73. The quantitative estimate of drug-likeness (QED) is 0.756. The van der Waals surface area contributed by atoms with Gasteiger partial charge in [-0.15, -0.1) is 0 Å². The van der Waals surface area contributed by atoms with Gasteiger partial charge in [0, 0.05) is 6.20 Å². The van der Waals surface area contributed by atoms with Crippen molar-refractivity contribution >= 4 is 29.1 Å². The zero-order valence-electron chi connectivity index (χ0n) is 10.7. The molecule has 1 aliphatic rings. The van der Waals surface area contributed by atoms with Gasteiger partial charge < -0.3 is 15.3 Å². The summed E-state index contributed by atoms with van der Waals surface area (Å²) in [5.74, 6) is -2.29. The lowest BCUT2D eigenvalue weighted by Gasteiger charge is -2.32. The summed E-state index contributed by atoms with van der Waals surface area (Å²) in [5, 5.41) is 34.3. The van der Waals surface area contributed by atoms with E-state index in [-0.39, 0.29) is 16.6 Å². The third kappa shape index (κ3) is 2.04. The highest BCUT2D eigenvalue weighted by Crippen LogP contribution is 2.39. The summed E-state index contributed by atoms with van der Waals surface area (Å²) in [5.41, 5.74) is -2.13. The Morgan fingerprint density at radius 1 is 1.60 bits per heavy atom. The second-order valence-corrected chi connectivity index (χ2v) is 4.77. The molecule has 2 atom stereocenters. The lowest BCUT2D eigenvalue weighted by molar-refractivity contribution is -0.161. The molecule has 0 fully saturated rings. The monoisotopic (exact) mass is 299 g/mol. The van der Waals surface area contributed by atoms with Crippen molar-refractivity contribution in [2.24, 2.45) is 11.0 Å². The van der Waals surface area contributed by atoms with Gasteiger partial charge in [0.2, 0.25) is 0 Å². The van der Waals surface area contributed by atoms with E-state index in [0.717, 1.165) is 5.01 Å². The summed E-state index contributed by atoms with van der Waals surface area (Å²) in [6.45, 7) is 1.25. The number of aromatic nitrogens is 1. The maximum atomic E-state index is 11.5. The topological polar surface area (TPSA) is 106 Å². The molecule has 0 aliphatic carbocycles. The number of carboxylic acids is 1. The average molecular weight is 300 g/mol. The van der Waals surface area contributed by atoms with E-state index in [0.29, 0.717) is 6.42 Å². The van der Waals surface area contributed by atoms with Crippen molar-refractivity contribution in [1.29, 1.82) is 0 Å². The van der Waals surface area contributed by atoms with Crippen LogP contribution in [0, 0.1) is 5.92 Å². The highest BCUT2D eigenvalue weighted by Gasteiger charge is 2.56. The number of hydrogen-bond donors (Lipinski definition) is 3. The third-order valence-corrected chi connectivity index (χ3v) is 3.56. The van der Waals surface area contributed by atoms with Crippen molar-refractivity contribution in [3.63, 3.8) is 0 Å². The number of aliphatic carboxylic acids is 1. The maximum Gasteiger partial charge on any atom is 0.360 e. The number of aliphatic hydroxyl groups is 2. The van der Waals surface area contributed by atoms with Gasteiger partial charge in [-0.25, -0.2) is 14.8 Å². The van der Waals surface area contributed by atoms with Crippen molar-refractivity contribution in [2.75, 3.05) is 11.6 Å². The van der Waals surface area contributed by atoms with E-state index in [2.05, 4.69) is 10.1 Å². The standard InChI is InChI=1S/C12H14ClN3O4/c1-2-7-9(6-17)15-16(12(7,20)11(18)19)10-8(13)4-3-5-14-10/h3-5,7,17,20H,2,6H2,1H3,(H,18,19). The zero-order valence-corrected chi connectivity index (χ0v) is 11.4. The molecule has 3 N–H and O–H groups in total. The first-order valence-electron chi connectivity index (χ1n) is 6.01. The van der Waals surface area contributed by atoms with Crippen molar-refractivity contribution in [1.82, 2.24) is 4.98 Å². The molecule has 1 aromatic heterocycles. The van der Waals surface area contributed by atoms with Gasteiger partial charge in [0.25, 0.3) is 5.72 Å². The zero-order chi connectivity index (χ0) is 14.9. The van der Waals surface area contributed by atoms with E-state index in [1.807, 2.05) is 0 Å². The second-order valence-electron chi connectivity index (χ2n) is 4.36. The minimum Gasteiger partial charge on any atom is -0.478 e. The van der Waals surface area contributed by atoms with Crippen molar-refractivity contribution in [2.45, 2.75) is 19.1 Å². The number of rotatable bonds is 4. The molecule has 0 saturated carbocycles. The van der Waals surface area contributed by atoms with Gasteiger partial charge in [0.05, 0.1) is 23.3 Å². The highest BCUT2D eigenvalue weighted by atomic mass is 35.5. The molecule has 7 nitrogen and oxygen atoms in total. The van der Waals surface area contributed by atoms with E-state index in [1.165, 1.54) is 12.3 Å². The van der Waals surface area contributed by atoms with Gasteiger partial charge in [-0.05, 0) is 18.6 Å². The molecule has 2 unspecified atom stereocenters. The molecule has 0 bridgehead atoms. The van der Waals surface area contributed by atoms with Crippen LogP contribution in [0.4, 0.5) is 5.82 Å². The molecule has 20 heavy (non-hydrogen) atoms. The first kappa shape index (κ1) is 14.7. The first-order valence-corrected chi connectivity index (χ1v) is 6.39. The minimum atomic E-state index is -2.31. The van der Waals surface area contributed by atoms with Gasteiger partial charge in [-0.3, -0.25) is 0 Å². The fraction of sp³-hybridized carbons (Fsp3) is 0.417. The van der Waals surface area contributed by atoms with Gasteiger partial charge in [0.1, 0.15) is 0 Å². The van der Waals surface area contributed by atoms with Crippen LogP contribution in [-0.2, 0) is 4.79 Å². The fourth-order valence-corrected chi connectivity index (χ4v) is 2.50. The lowest BCUT2D eigenvalue weighted by atomic mass is 9.89. The SMILES string of the molecule is CCC1C(CO)=NN(c2ncccc2Cl)C1(O)C(=O)O. The Kier molecular flexibility index (Phi) is 3.94. The Labute approximate surface area is 120 Å². The molecule has 0 aromatic carbocycles. The van der Waals surface area contributed by atoms with Crippen molar-refractivity contribution < 1.29 is 20.1 Å². The molecular weight excluding hydrogens is 286 g/mol. The van der Waals surface area contributed by atoms with Crippen LogP contribution in [0.2, 0.25) is 5.02 Å². The van der Waals surface area contributed by atoms with E-state index in [9.17, 15) is 20.1 Å². The van der Waals surface area contributed by atoms with Crippen LogP contribution in [0.25, 0.3) is 0 Å². The van der Waals surface area contributed by atoms with Crippen LogP contribution in [0.1, 0.15) is 13.3 Å². The first-order chi connectivity index (χ1) is 9.46. The number of pyridine rings is 1. The van der Waals surface area contributed by atoms with E-state index in [1.54, 1.807) is 13.0 Å². The van der Waals surface area contributed by atoms with Crippen LogP contribution in [0.15, 0.2) is 23.4 Å². The number of aliphatic hydroxyl groups excluding tert-OH is 1. The summed E-state index contributed by atoms with van der Waals surface area (Å²) < 4.78 is 0. The molecular formula is C12H14ClN3O4. The van der Waals surface area contributed by atoms with E-state index < -0.39 is 24.2 Å². The van der Waals surface area contributed by atoms with Crippen LogP contribution in [0.3, 0.4) is 0 Å². The Morgan fingerprint density at radius 2 is 2.30 bits per heavy atom. The van der Waals surface area contributed by atoms with Crippen molar-refractivity contribution in [3.8, 4) is 0 Å². The van der Waals surface area contributed by atoms with Gasteiger partial charge in [-0.2, -0.15) is 5.10 Å². The summed E-state index contributed by atoms with van der Waals surface area (Å²) in [6.07, 6.45) is 1.71. The minimum absolute atomic E-state index is 0.0287. The van der Waals surface area contributed by atoms with Gasteiger partial charge >= 0.3 is 5.97 Å². The Hall–Kier alpha value is -1.70. The molecule has 0 spiro atoms. The Bertz CT molecular complexity index is 565.